The van der Waals surface area contributed by atoms with Gasteiger partial charge in [0.25, 0.3) is 0 Å². The number of pyridine rings is 1. The summed E-state index contributed by atoms with van der Waals surface area (Å²) in [7, 11) is 0. The largest absolute Gasteiger partial charge is 0.478 e. The zero-order chi connectivity index (χ0) is 14.2. The van der Waals surface area contributed by atoms with Crippen LogP contribution in [0.1, 0.15) is 57.4 Å². The second-order valence-corrected chi connectivity index (χ2v) is 5.94. The second-order valence-electron chi connectivity index (χ2n) is 5.53. The summed E-state index contributed by atoms with van der Waals surface area (Å²) >= 11 is 6.16. The quantitative estimate of drug-likeness (QED) is 0.652. The minimum absolute atomic E-state index is 0.683. The van der Waals surface area contributed by atoms with Gasteiger partial charge in [0.15, 0.2) is 0 Å². The second kappa shape index (κ2) is 8.48. The van der Waals surface area contributed by atoms with Crippen LogP contribution in [0.4, 0.5) is 0 Å². The van der Waals surface area contributed by atoms with Gasteiger partial charge in [0.2, 0.25) is 5.88 Å². The third-order valence-corrected chi connectivity index (χ3v) is 3.91. The summed E-state index contributed by atoms with van der Waals surface area (Å²) in [5.41, 5.74) is 1.08. The molecule has 0 bridgehead atoms. The molecule has 0 aliphatic heterocycles. The number of hydrogen-bond acceptors (Lipinski definition) is 3. The lowest BCUT2D eigenvalue weighted by Gasteiger charge is -2.09. The molecular formula is C16H25ClN2O. The van der Waals surface area contributed by atoms with Crippen molar-refractivity contribution < 1.29 is 4.74 Å². The fourth-order valence-electron chi connectivity index (χ4n) is 2.10. The molecule has 1 aromatic rings. The zero-order valence-electron chi connectivity index (χ0n) is 12.3. The van der Waals surface area contributed by atoms with Crippen LogP contribution in [0.2, 0.25) is 5.02 Å². The molecular weight excluding hydrogens is 272 g/mol. The highest BCUT2D eigenvalue weighted by Crippen LogP contribution is 2.23. The maximum atomic E-state index is 6.16. The van der Waals surface area contributed by atoms with E-state index in [1.165, 1.54) is 38.5 Å². The molecule has 1 N–H and O–H groups in total. The van der Waals surface area contributed by atoms with Gasteiger partial charge in [0.05, 0.1) is 11.6 Å². The van der Waals surface area contributed by atoms with E-state index in [0.717, 1.165) is 25.1 Å². The Morgan fingerprint density at radius 2 is 2.10 bits per heavy atom. The van der Waals surface area contributed by atoms with E-state index < -0.39 is 0 Å². The van der Waals surface area contributed by atoms with Gasteiger partial charge in [0.1, 0.15) is 0 Å². The van der Waals surface area contributed by atoms with Crippen LogP contribution in [-0.2, 0) is 6.54 Å². The Balaban J connectivity index is 1.71. The van der Waals surface area contributed by atoms with Gasteiger partial charge in [0, 0.05) is 24.8 Å². The molecule has 0 aromatic carbocycles. The zero-order valence-corrected chi connectivity index (χ0v) is 13.1. The number of ether oxygens (including phenoxy) is 1. The van der Waals surface area contributed by atoms with Crippen LogP contribution in [0.15, 0.2) is 12.3 Å². The lowest BCUT2D eigenvalue weighted by molar-refractivity contribution is 0.293. The summed E-state index contributed by atoms with van der Waals surface area (Å²) in [6, 6.07) is 2.64. The number of unbranched alkanes of at least 4 members (excludes halogenated alkanes) is 4. The number of halogens is 1. The number of hydrogen-bond donors (Lipinski definition) is 1. The van der Waals surface area contributed by atoms with Crippen molar-refractivity contribution in [3.05, 3.63) is 22.8 Å². The average molecular weight is 297 g/mol. The molecule has 112 valence electrons. The molecule has 0 atom stereocenters. The Kier molecular flexibility index (Phi) is 6.61. The molecule has 0 radical (unpaired) electrons. The van der Waals surface area contributed by atoms with E-state index in [9.17, 15) is 0 Å². The van der Waals surface area contributed by atoms with E-state index in [2.05, 4.69) is 17.2 Å². The van der Waals surface area contributed by atoms with Crippen molar-refractivity contribution in [2.75, 3.05) is 6.61 Å². The first-order valence-corrected chi connectivity index (χ1v) is 8.18. The Morgan fingerprint density at radius 3 is 2.85 bits per heavy atom. The molecule has 1 fully saturated rings. The van der Waals surface area contributed by atoms with Gasteiger partial charge in [-0.05, 0) is 24.8 Å². The Labute approximate surface area is 127 Å². The van der Waals surface area contributed by atoms with Crippen molar-refractivity contribution in [1.82, 2.24) is 10.3 Å². The Hall–Kier alpha value is -0.800. The standard InChI is InChI=1S/C16H25ClN2O/c1-2-3-4-5-6-9-20-16-10-13(15(17)12-19-16)11-18-14-7-8-14/h10,12,14,18H,2-9,11H2,1H3. The van der Waals surface area contributed by atoms with Gasteiger partial charge in [-0.25, -0.2) is 4.98 Å². The predicted molar refractivity (Wildman–Crippen MR) is 83.4 cm³/mol. The molecule has 0 amide bonds. The Morgan fingerprint density at radius 1 is 1.30 bits per heavy atom. The molecule has 4 heteroatoms. The molecule has 1 heterocycles. The molecule has 1 aliphatic rings. The molecule has 1 aromatic heterocycles. The van der Waals surface area contributed by atoms with Crippen LogP contribution in [-0.4, -0.2) is 17.6 Å². The van der Waals surface area contributed by atoms with Gasteiger partial charge in [-0.3, -0.25) is 0 Å². The van der Waals surface area contributed by atoms with Gasteiger partial charge in [-0.1, -0.05) is 44.2 Å². The molecule has 2 rings (SSSR count). The molecule has 0 unspecified atom stereocenters. The molecule has 1 aliphatic carbocycles. The van der Waals surface area contributed by atoms with Gasteiger partial charge >= 0.3 is 0 Å². The first kappa shape index (κ1) is 15.6. The van der Waals surface area contributed by atoms with Crippen LogP contribution in [0.5, 0.6) is 5.88 Å². The lowest BCUT2D eigenvalue weighted by Crippen LogP contribution is -2.15. The smallest absolute Gasteiger partial charge is 0.213 e. The first-order chi connectivity index (χ1) is 9.79. The summed E-state index contributed by atoms with van der Waals surface area (Å²) in [5, 5.41) is 4.18. The van der Waals surface area contributed by atoms with E-state index in [1.807, 2.05) is 6.07 Å². The van der Waals surface area contributed by atoms with Crippen LogP contribution in [0.25, 0.3) is 0 Å². The topological polar surface area (TPSA) is 34.1 Å². The third-order valence-electron chi connectivity index (χ3n) is 3.57. The normalized spacial score (nSPS) is 14.5. The highest BCUT2D eigenvalue weighted by molar-refractivity contribution is 6.31. The minimum Gasteiger partial charge on any atom is -0.478 e. The average Bonchev–Trinajstić information content (AvgIpc) is 3.27. The van der Waals surface area contributed by atoms with E-state index >= 15 is 0 Å². The minimum atomic E-state index is 0.683. The number of aromatic nitrogens is 1. The summed E-state index contributed by atoms with van der Waals surface area (Å²) < 4.78 is 5.71. The fraction of sp³-hybridized carbons (Fsp3) is 0.688. The van der Waals surface area contributed by atoms with Crippen molar-refractivity contribution >= 4 is 11.6 Å². The van der Waals surface area contributed by atoms with Crippen LogP contribution >= 0.6 is 11.6 Å². The van der Waals surface area contributed by atoms with Crippen LogP contribution in [0.3, 0.4) is 0 Å². The summed E-state index contributed by atoms with van der Waals surface area (Å²) in [6.45, 7) is 3.78. The van der Waals surface area contributed by atoms with E-state index in [1.54, 1.807) is 6.20 Å². The van der Waals surface area contributed by atoms with E-state index in [-0.39, 0.29) is 0 Å². The maximum absolute atomic E-state index is 6.16. The van der Waals surface area contributed by atoms with Gasteiger partial charge in [-0.15, -0.1) is 0 Å². The van der Waals surface area contributed by atoms with E-state index in [0.29, 0.717) is 16.9 Å². The number of nitrogens with zero attached hydrogens (tertiary/aromatic N) is 1. The van der Waals surface area contributed by atoms with Crippen LogP contribution in [0, 0.1) is 0 Å². The van der Waals surface area contributed by atoms with E-state index in [4.69, 9.17) is 16.3 Å². The first-order valence-electron chi connectivity index (χ1n) is 7.80. The Bertz CT molecular complexity index is 407. The highest BCUT2D eigenvalue weighted by Gasteiger charge is 2.20. The fourth-order valence-corrected chi connectivity index (χ4v) is 2.27. The molecule has 0 spiro atoms. The third kappa shape index (κ3) is 5.68. The molecule has 3 nitrogen and oxygen atoms in total. The number of rotatable bonds is 10. The molecule has 20 heavy (non-hydrogen) atoms. The maximum Gasteiger partial charge on any atom is 0.213 e. The highest BCUT2D eigenvalue weighted by atomic mass is 35.5. The van der Waals surface area contributed by atoms with Crippen molar-refractivity contribution in [2.24, 2.45) is 0 Å². The predicted octanol–water partition coefficient (Wildman–Crippen LogP) is 4.34. The van der Waals surface area contributed by atoms with Crippen molar-refractivity contribution in [3.63, 3.8) is 0 Å². The van der Waals surface area contributed by atoms with Crippen molar-refractivity contribution in [2.45, 2.75) is 64.5 Å². The lowest BCUT2D eigenvalue weighted by atomic mass is 10.2. The van der Waals surface area contributed by atoms with Crippen molar-refractivity contribution in [3.8, 4) is 5.88 Å². The molecule has 0 saturated heterocycles. The number of nitrogens with one attached hydrogen (secondary N) is 1. The monoisotopic (exact) mass is 296 g/mol. The van der Waals surface area contributed by atoms with Gasteiger partial charge < -0.3 is 10.1 Å². The van der Waals surface area contributed by atoms with Crippen LogP contribution < -0.4 is 10.1 Å². The molecule has 1 saturated carbocycles. The summed E-state index contributed by atoms with van der Waals surface area (Å²) in [6.07, 6.45) is 10.5. The SMILES string of the molecule is CCCCCCCOc1cc(CNC2CC2)c(Cl)cn1. The summed E-state index contributed by atoms with van der Waals surface area (Å²) in [4.78, 5) is 4.23. The summed E-state index contributed by atoms with van der Waals surface area (Å²) in [5.74, 6) is 0.692. The van der Waals surface area contributed by atoms with Crippen molar-refractivity contribution in [1.29, 1.82) is 0 Å². The van der Waals surface area contributed by atoms with Gasteiger partial charge in [-0.2, -0.15) is 0 Å².